The van der Waals surface area contributed by atoms with E-state index in [1.165, 1.54) is 18.2 Å². The van der Waals surface area contributed by atoms with Crippen LogP contribution in [0.1, 0.15) is 18.4 Å². The Morgan fingerprint density at radius 1 is 1.16 bits per heavy atom. The highest BCUT2D eigenvalue weighted by Gasteiger charge is 2.34. The minimum Gasteiger partial charge on any atom is -0.335 e. The van der Waals surface area contributed by atoms with E-state index < -0.39 is 23.9 Å². The summed E-state index contributed by atoms with van der Waals surface area (Å²) < 4.78 is 39.0. The highest BCUT2D eigenvalue weighted by atomic mass is 35.5. The van der Waals surface area contributed by atoms with Gasteiger partial charge in [-0.3, -0.25) is 13.8 Å². The minimum atomic E-state index is -4.78. The Kier molecular flexibility index (Phi) is 6.21. The van der Waals surface area contributed by atoms with Crippen LogP contribution in [0.4, 0.5) is 16.2 Å². The summed E-state index contributed by atoms with van der Waals surface area (Å²) in [5.74, 6) is 0. The Hall–Kier alpha value is -1.81. The van der Waals surface area contributed by atoms with Crippen molar-refractivity contribution in [3.63, 3.8) is 0 Å². The lowest BCUT2D eigenvalue weighted by atomic mass is 10.1. The van der Waals surface area contributed by atoms with Crippen LogP contribution in [0.15, 0.2) is 41.3 Å². The zero-order valence-corrected chi connectivity index (χ0v) is 19.8. The van der Waals surface area contributed by atoms with Crippen LogP contribution in [0.3, 0.4) is 0 Å². The molecular weight excluding hydrogens is 500 g/mol. The van der Waals surface area contributed by atoms with Gasteiger partial charge in [0.2, 0.25) is 0 Å². The number of hydrogen-bond donors (Lipinski definition) is 3. The maximum atomic E-state index is 13.3. The summed E-state index contributed by atoms with van der Waals surface area (Å²) in [6.07, 6.45) is 1.32. The molecule has 4 rings (SSSR count). The second-order valence-electron chi connectivity index (χ2n) is 7.70. The van der Waals surface area contributed by atoms with Gasteiger partial charge in [-0.1, -0.05) is 23.2 Å². The number of fused-ring (bicyclic) bond motifs is 1. The molecule has 1 aliphatic carbocycles. The summed E-state index contributed by atoms with van der Waals surface area (Å²) >= 11 is 11.9. The number of sulfonamides is 1. The third-order valence-electron chi connectivity index (χ3n) is 5.13. The van der Waals surface area contributed by atoms with E-state index >= 15 is 0 Å². The third kappa shape index (κ3) is 5.06. The van der Waals surface area contributed by atoms with E-state index in [4.69, 9.17) is 23.2 Å². The Balaban J connectivity index is 1.71. The van der Waals surface area contributed by atoms with E-state index in [1.807, 2.05) is 0 Å². The van der Waals surface area contributed by atoms with E-state index in [1.54, 1.807) is 11.0 Å². The normalized spacial score (nSPS) is 16.1. The molecule has 172 valence electrons. The van der Waals surface area contributed by atoms with Crippen molar-refractivity contribution in [3.8, 4) is 0 Å². The number of benzene rings is 2. The lowest BCUT2D eigenvalue weighted by Crippen LogP contribution is -2.40. The molecule has 0 atom stereocenters. The van der Waals surface area contributed by atoms with Crippen molar-refractivity contribution in [2.45, 2.75) is 30.2 Å². The predicted molar refractivity (Wildman–Crippen MR) is 122 cm³/mol. The second-order valence-corrected chi connectivity index (χ2v) is 12.1. The Bertz CT molecular complexity index is 1210. The quantitative estimate of drug-likeness (QED) is 0.500. The van der Waals surface area contributed by atoms with E-state index in [0.717, 1.165) is 25.0 Å². The van der Waals surface area contributed by atoms with Gasteiger partial charge < -0.3 is 15.1 Å². The molecule has 2 aromatic rings. The largest absolute Gasteiger partial charge is 0.345 e. The molecule has 0 aromatic heterocycles. The van der Waals surface area contributed by atoms with Crippen LogP contribution in [0, 0.1) is 0 Å². The summed E-state index contributed by atoms with van der Waals surface area (Å²) in [6.45, 7) is 0.423. The number of anilines is 2. The van der Waals surface area contributed by atoms with Crippen LogP contribution >= 0.6 is 30.8 Å². The molecule has 0 saturated heterocycles. The van der Waals surface area contributed by atoms with Gasteiger partial charge in [0.05, 0.1) is 10.6 Å². The lowest BCUT2D eigenvalue weighted by Gasteiger charge is -2.26. The standard InChI is InChI=1S/C19H20Cl2N3O6PS/c20-13-8-14(21)10-17(9-13)32(29,30)24(11-31(26,27)28)16-3-4-18-12(7-16)5-6-23(18)19(25)22-15-1-2-15/h3-4,7-10,15H,1-2,5-6,11H2,(H,22,25)(H2,26,27,28). The van der Waals surface area contributed by atoms with Crippen LogP contribution in [-0.4, -0.2) is 43.1 Å². The van der Waals surface area contributed by atoms with Gasteiger partial charge >= 0.3 is 13.6 Å². The van der Waals surface area contributed by atoms with Gasteiger partial charge in [0.1, 0.15) is 6.29 Å². The monoisotopic (exact) mass is 519 g/mol. The van der Waals surface area contributed by atoms with E-state index in [2.05, 4.69) is 5.32 Å². The molecule has 0 spiro atoms. The first-order valence-electron chi connectivity index (χ1n) is 9.68. The molecule has 2 aliphatic rings. The van der Waals surface area contributed by atoms with Crippen molar-refractivity contribution in [1.29, 1.82) is 0 Å². The molecule has 2 aromatic carbocycles. The first-order valence-corrected chi connectivity index (χ1v) is 13.7. The number of carbonyl (C=O) groups excluding carboxylic acids is 1. The molecule has 0 radical (unpaired) electrons. The van der Waals surface area contributed by atoms with E-state index in [-0.39, 0.29) is 32.7 Å². The predicted octanol–water partition coefficient (Wildman–Crippen LogP) is 3.56. The van der Waals surface area contributed by atoms with Crippen molar-refractivity contribution in [1.82, 2.24) is 5.32 Å². The number of urea groups is 1. The van der Waals surface area contributed by atoms with Crippen molar-refractivity contribution < 1.29 is 27.6 Å². The van der Waals surface area contributed by atoms with Gasteiger partial charge in [0.15, 0.2) is 0 Å². The molecule has 1 fully saturated rings. The topological polar surface area (TPSA) is 127 Å². The number of nitrogens with zero attached hydrogens (tertiary/aromatic N) is 2. The number of nitrogens with one attached hydrogen (secondary N) is 1. The fraction of sp³-hybridized carbons (Fsp3) is 0.316. The molecule has 9 nitrogen and oxygen atoms in total. The number of hydrogen-bond acceptors (Lipinski definition) is 4. The summed E-state index contributed by atoms with van der Waals surface area (Å²) in [5.41, 5.74) is 1.39. The van der Waals surface area contributed by atoms with Crippen LogP contribution in [-0.2, 0) is 21.0 Å². The smallest absolute Gasteiger partial charge is 0.335 e. The molecule has 0 bridgehead atoms. The number of rotatable bonds is 6. The molecule has 1 heterocycles. The van der Waals surface area contributed by atoms with Crippen LogP contribution in [0.5, 0.6) is 0 Å². The van der Waals surface area contributed by atoms with Gasteiger partial charge in [-0.25, -0.2) is 13.2 Å². The highest BCUT2D eigenvalue weighted by molar-refractivity contribution is 7.93. The Labute approximate surface area is 195 Å². The van der Waals surface area contributed by atoms with Crippen LogP contribution < -0.4 is 14.5 Å². The molecule has 1 saturated carbocycles. The van der Waals surface area contributed by atoms with Crippen LogP contribution in [0.2, 0.25) is 10.0 Å². The Morgan fingerprint density at radius 2 is 1.81 bits per heavy atom. The summed E-state index contributed by atoms with van der Waals surface area (Å²) in [4.78, 5) is 32.9. The first-order chi connectivity index (χ1) is 14.9. The van der Waals surface area contributed by atoms with Gasteiger partial charge in [-0.05, 0) is 61.2 Å². The van der Waals surface area contributed by atoms with E-state index in [0.29, 0.717) is 28.5 Å². The summed E-state index contributed by atoms with van der Waals surface area (Å²) in [7, 11) is -9.19. The zero-order valence-electron chi connectivity index (χ0n) is 16.6. The molecule has 1 aliphatic heterocycles. The molecular formula is C19H20Cl2N3O6PS. The van der Waals surface area contributed by atoms with Crippen molar-refractivity contribution in [3.05, 3.63) is 52.0 Å². The maximum Gasteiger partial charge on any atom is 0.345 e. The molecule has 3 N–H and O–H groups in total. The molecule has 2 amide bonds. The number of amides is 2. The van der Waals surface area contributed by atoms with Crippen molar-refractivity contribution in [2.24, 2.45) is 0 Å². The highest BCUT2D eigenvalue weighted by Crippen LogP contribution is 2.41. The summed E-state index contributed by atoms with van der Waals surface area (Å²) in [5, 5.41) is 3.05. The molecule has 32 heavy (non-hydrogen) atoms. The molecule has 13 heteroatoms. The first kappa shape index (κ1) is 23.4. The fourth-order valence-electron chi connectivity index (χ4n) is 3.50. The SMILES string of the molecule is O=C(NC1CC1)N1CCc2cc(N(CP(=O)(O)O)S(=O)(=O)c3cc(Cl)cc(Cl)c3)ccc21. The third-order valence-corrected chi connectivity index (χ3v) is 8.16. The number of carbonyl (C=O) groups is 1. The lowest BCUT2D eigenvalue weighted by molar-refractivity contribution is 0.246. The van der Waals surface area contributed by atoms with Crippen molar-refractivity contribution in [2.75, 3.05) is 22.0 Å². The fourth-order valence-corrected chi connectivity index (χ4v) is 6.91. The maximum absolute atomic E-state index is 13.3. The zero-order chi connectivity index (χ0) is 23.3. The van der Waals surface area contributed by atoms with E-state index in [9.17, 15) is 27.6 Å². The second kappa shape index (κ2) is 8.52. The molecule has 0 unspecified atom stereocenters. The average molecular weight is 520 g/mol. The average Bonchev–Trinajstić information content (AvgIpc) is 3.39. The van der Waals surface area contributed by atoms with Crippen molar-refractivity contribution >= 4 is 58.2 Å². The van der Waals surface area contributed by atoms with Gasteiger partial charge in [-0.15, -0.1) is 0 Å². The minimum absolute atomic E-state index is 0.0626. The van der Waals surface area contributed by atoms with Gasteiger partial charge in [-0.2, -0.15) is 0 Å². The van der Waals surface area contributed by atoms with Gasteiger partial charge in [0, 0.05) is 28.3 Å². The van der Waals surface area contributed by atoms with Gasteiger partial charge in [0.25, 0.3) is 10.0 Å². The Morgan fingerprint density at radius 3 is 2.41 bits per heavy atom. The summed E-state index contributed by atoms with van der Waals surface area (Å²) in [6, 6.07) is 8.18. The number of halogens is 2. The van der Waals surface area contributed by atoms with Crippen LogP contribution in [0.25, 0.3) is 0 Å².